The van der Waals surface area contributed by atoms with Crippen LogP contribution < -0.4 is 16.1 Å². The summed E-state index contributed by atoms with van der Waals surface area (Å²) in [4.78, 5) is 38.9. The Morgan fingerprint density at radius 2 is 1.78 bits per heavy atom. The molecule has 8 nitrogen and oxygen atoms in total. The van der Waals surface area contributed by atoms with E-state index in [4.69, 9.17) is 13.9 Å². The molecule has 1 atom stereocenters. The Morgan fingerprint density at radius 3 is 2.35 bits per heavy atom. The lowest BCUT2D eigenvalue weighted by Gasteiger charge is -2.13. The Labute approximate surface area is 214 Å². The van der Waals surface area contributed by atoms with Crippen molar-refractivity contribution in [3.8, 4) is 5.75 Å². The highest BCUT2D eigenvalue weighted by atomic mass is 19.1. The number of nitrogens with zero attached hydrogens (tertiary/aromatic N) is 1. The van der Waals surface area contributed by atoms with Gasteiger partial charge in [-0.25, -0.2) is 14.2 Å². The summed E-state index contributed by atoms with van der Waals surface area (Å²) in [5.41, 5.74) is 2.31. The molecule has 4 aromatic rings. The molecular weight excluding hydrogens is 479 g/mol. The van der Waals surface area contributed by atoms with Gasteiger partial charge in [0.2, 0.25) is 5.58 Å². The Hall–Kier alpha value is -4.27. The lowest BCUT2D eigenvalue weighted by atomic mass is 10.1. The van der Waals surface area contributed by atoms with Gasteiger partial charge in [-0.3, -0.25) is 14.6 Å². The largest absolute Gasteiger partial charge is 0.493 e. The van der Waals surface area contributed by atoms with Crippen molar-refractivity contribution in [3.63, 3.8) is 0 Å². The molecule has 1 N–H and O–H groups in total. The normalized spacial score (nSPS) is 10.9. The third-order valence-corrected chi connectivity index (χ3v) is 4.99. The second-order valence-corrected chi connectivity index (χ2v) is 8.14. The number of rotatable bonds is 5. The van der Waals surface area contributed by atoms with Gasteiger partial charge in [0.1, 0.15) is 11.9 Å². The van der Waals surface area contributed by atoms with Crippen molar-refractivity contribution in [3.05, 3.63) is 104 Å². The quantitative estimate of drug-likeness (QED) is 0.380. The van der Waals surface area contributed by atoms with Crippen LogP contribution in [0.25, 0.3) is 11.1 Å². The highest BCUT2D eigenvalue weighted by molar-refractivity contribution is 5.76. The maximum absolute atomic E-state index is 13.5. The summed E-state index contributed by atoms with van der Waals surface area (Å²) in [7, 11) is 1.41. The first-order chi connectivity index (χ1) is 17.6. The molecule has 2 aromatic heterocycles. The van der Waals surface area contributed by atoms with Gasteiger partial charge >= 0.3 is 11.7 Å². The molecule has 0 amide bonds. The Kier molecular flexibility index (Phi) is 11.2. The maximum atomic E-state index is 13.5. The number of benzene rings is 2. The number of nitrogens with one attached hydrogen (secondary N) is 1. The smallest absolute Gasteiger partial charge is 0.419 e. The highest BCUT2D eigenvalue weighted by Crippen LogP contribution is 2.18. The Morgan fingerprint density at radius 1 is 1.08 bits per heavy atom. The average Bonchev–Trinajstić information content (AvgIpc) is 2.86. The van der Waals surface area contributed by atoms with Crippen LogP contribution in [0.2, 0.25) is 0 Å². The number of carbonyl (C=O) groups excluding carboxylic acids is 1. The van der Waals surface area contributed by atoms with Crippen LogP contribution in [-0.2, 0) is 16.0 Å². The molecule has 0 aliphatic rings. The van der Waals surface area contributed by atoms with Crippen molar-refractivity contribution in [2.75, 3.05) is 7.11 Å². The molecular formula is C28H31FN2O6. The molecule has 0 aliphatic carbocycles. The maximum Gasteiger partial charge on any atom is 0.419 e. The molecule has 37 heavy (non-hydrogen) atoms. The number of pyridine rings is 1. The minimum absolute atomic E-state index is 0.0453. The summed E-state index contributed by atoms with van der Waals surface area (Å²) >= 11 is 0. The number of methoxy groups -OCH3 is 1. The lowest BCUT2D eigenvalue weighted by molar-refractivity contribution is -0.147. The summed E-state index contributed by atoms with van der Waals surface area (Å²) in [6, 6.07) is 16.8. The van der Waals surface area contributed by atoms with Gasteiger partial charge in [-0.05, 0) is 38.0 Å². The highest BCUT2D eigenvalue weighted by Gasteiger charge is 2.11. The molecule has 0 saturated heterocycles. The molecule has 2 heterocycles. The number of fused-ring (bicyclic) bond motifs is 1. The number of hydrogen-bond donors (Lipinski definition) is 1. The van der Waals surface area contributed by atoms with E-state index < -0.39 is 11.3 Å². The van der Waals surface area contributed by atoms with Crippen LogP contribution in [0.3, 0.4) is 0 Å². The number of halogens is 1. The lowest BCUT2D eigenvalue weighted by Crippen LogP contribution is -2.19. The summed E-state index contributed by atoms with van der Waals surface area (Å²) in [6.07, 6.45) is 1.87. The summed E-state index contributed by atoms with van der Waals surface area (Å²) in [6.45, 7) is 7.43. The zero-order chi connectivity index (χ0) is 27.4. The van der Waals surface area contributed by atoms with Crippen LogP contribution in [0.4, 0.5) is 4.39 Å². The second-order valence-electron chi connectivity index (χ2n) is 8.14. The van der Waals surface area contributed by atoms with Gasteiger partial charge in [-0.2, -0.15) is 0 Å². The number of H-pyrrole nitrogens is 1. The molecule has 0 saturated carbocycles. The van der Waals surface area contributed by atoms with Gasteiger partial charge in [0.25, 0.3) is 5.56 Å². The molecule has 0 spiro atoms. The fourth-order valence-corrected chi connectivity index (χ4v) is 3.13. The summed E-state index contributed by atoms with van der Waals surface area (Å²) in [5.74, 6) is -1.01. The topological polar surface area (TPSA) is 111 Å². The van der Waals surface area contributed by atoms with Crippen LogP contribution in [0.5, 0.6) is 5.75 Å². The Balaban J connectivity index is 0.000000209. The van der Waals surface area contributed by atoms with E-state index in [-0.39, 0.29) is 29.0 Å². The minimum Gasteiger partial charge on any atom is -0.493 e. The number of esters is 1. The standard InChI is InChI=1S/C13H17FO2.C8H6N2O4.C7H8/c1-4-13(15)16-10(3)8-11-6-5-9(2)7-12(11)14;1-13-4-2-3-9-5-6(4)14-8(12)10-7(5)11;1-7-5-3-2-4-6-7/h5-7,10H,4,8H2,1-3H3;2-3H,1H3,(H,10,11,12);2-6H,1H3. The van der Waals surface area contributed by atoms with Crippen molar-refractivity contribution in [1.29, 1.82) is 0 Å². The number of aromatic amines is 1. The van der Waals surface area contributed by atoms with E-state index in [1.807, 2.05) is 36.2 Å². The van der Waals surface area contributed by atoms with E-state index in [0.717, 1.165) is 5.56 Å². The SMILES string of the molecule is CCC(=O)OC(C)Cc1ccc(C)cc1F.COc1ccnc2c(=O)[nH]c(=O)oc12.Cc1ccccc1. The van der Waals surface area contributed by atoms with Gasteiger partial charge in [-0.1, -0.05) is 55.0 Å². The van der Waals surface area contributed by atoms with E-state index >= 15 is 0 Å². The predicted molar refractivity (Wildman–Crippen MR) is 139 cm³/mol. The van der Waals surface area contributed by atoms with Gasteiger partial charge < -0.3 is 13.9 Å². The minimum atomic E-state index is -0.825. The first kappa shape index (κ1) is 29.0. The Bertz CT molecular complexity index is 1420. The molecule has 0 fully saturated rings. The number of carbonyl (C=O) groups is 1. The molecule has 9 heteroatoms. The third kappa shape index (κ3) is 9.36. The molecule has 4 rings (SSSR count). The monoisotopic (exact) mass is 510 g/mol. The van der Waals surface area contributed by atoms with Crippen molar-refractivity contribution >= 4 is 17.1 Å². The molecule has 0 radical (unpaired) electrons. The average molecular weight is 511 g/mol. The fraction of sp³-hybridized carbons (Fsp3) is 0.286. The predicted octanol–water partition coefficient (Wildman–Crippen LogP) is 4.90. The van der Waals surface area contributed by atoms with E-state index in [2.05, 4.69) is 24.0 Å². The van der Waals surface area contributed by atoms with Crippen LogP contribution in [0.1, 0.15) is 37.0 Å². The van der Waals surface area contributed by atoms with Gasteiger partial charge in [0.05, 0.1) is 7.11 Å². The van der Waals surface area contributed by atoms with Gasteiger partial charge in [-0.15, -0.1) is 0 Å². The van der Waals surface area contributed by atoms with Crippen molar-refractivity contribution in [1.82, 2.24) is 9.97 Å². The van der Waals surface area contributed by atoms with E-state index in [1.54, 1.807) is 19.9 Å². The summed E-state index contributed by atoms with van der Waals surface area (Å²) < 4.78 is 28.3. The van der Waals surface area contributed by atoms with E-state index in [0.29, 0.717) is 24.2 Å². The van der Waals surface area contributed by atoms with E-state index in [1.165, 1.54) is 31.0 Å². The number of aryl methyl sites for hydroxylation is 2. The third-order valence-electron chi connectivity index (χ3n) is 4.99. The number of hydrogen-bond acceptors (Lipinski definition) is 7. The van der Waals surface area contributed by atoms with Crippen molar-refractivity contribution < 1.29 is 23.1 Å². The number of ether oxygens (including phenoxy) is 2. The molecule has 2 aromatic carbocycles. The van der Waals surface area contributed by atoms with Gasteiger partial charge in [0, 0.05) is 25.1 Å². The van der Waals surface area contributed by atoms with E-state index in [9.17, 15) is 18.8 Å². The zero-order valence-electron chi connectivity index (χ0n) is 21.5. The zero-order valence-corrected chi connectivity index (χ0v) is 21.5. The van der Waals surface area contributed by atoms with Crippen LogP contribution >= 0.6 is 0 Å². The fourth-order valence-electron chi connectivity index (χ4n) is 3.13. The second kappa shape index (κ2) is 14.3. The molecule has 0 aliphatic heterocycles. The first-order valence-corrected chi connectivity index (χ1v) is 11.7. The van der Waals surface area contributed by atoms with Crippen LogP contribution in [0, 0.1) is 19.7 Å². The molecule has 1 unspecified atom stereocenters. The van der Waals surface area contributed by atoms with Crippen molar-refractivity contribution in [2.24, 2.45) is 0 Å². The number of aromatic nitrogens is 2. The molecule has 196 valence electrons. The first-order valence-electron chi connectivity index (χ1n) is 11.7. The van der Waals surface area contributed by atoms with Crippen LogP contribution in [0.15, 0.2) is 74.8 Å². The van der Waals surface area contributed by atoms with Gasteiger partial charge in [0.15, 0.2) is 11.3 Å². The summed E-state index contributed by atoms with van der Waals surface area (Å²) in [5, 5.41) is 0. The van der Waals surface area contributed by atoms with Crippen molar-refractivity contribution in [2.45, 2.75) is 46.6 Å². The molecule has 0 bridgehead atoms. The van der Waals surface area contributed by atoms with Crippen LogP contribution in [-0.4, -0.2) is 29.2 Å².